The SMILES string of the molecule is COC(C)(C)C(NC(=O)Nc1ccc(Cl)cc1)C(=O)N1CCN(N2CN3CN(C)C=C3C2=O)CC1. The lowest BCUT2D eigenvalue weighted by Gasteiger charge is -2.42. The minimum Gasteiger partial charge on any atom is -0.376 e. The number of fused-ring (bicyclic) bond motifs is 1. The molecule has 0 saturated carbocycles. The van der Waals surface area contributed by atoms with Crippen LogP contribution in [0, 0.1) is 0 Å². The highest BCUT2D eigenvalue weighted by Crippen LogP contribution is 2.26. The Labute approximate surface area is 210 Å². The third-order valence-corrected chi connectivity index (χ3v) is 6.84. The number of halogens is 1. The Morgan fingerprint density at radius 1 is 1.09 bits per heavy atom. The maximum Gasteiger partial charge on any atom is 0.319 e. The first kappa shape index (κ1) is 25.1. The minimum absolute atomic E-state index is 0.0203. The van der Waals surface area contributed by atoms with Crippen molar-refractivity contribution in [2.24, 2.45) is 0 Å². The average Bonchev–Trinajstić information content (AvgIpc) is 3.35. The van der Waals surface area contributed by atoms with E-state index in [2.05, 4.69) is 10.6 Å². The van der Waals surface area contributed by atoms with Crippen LogP contribution in [0.3, 0.4) is 0 Å². The summed E-state index contributed by atoms with van der Waals surface area (Å²) in [6, 6.07) is 5.27. The van der Waals surface area contributed by atoms with Gasteiger partial charge >= 0.3 is 6.03 Å². The second-order valence-electron chi connectivity index (χ2n) is 9.42. The number of rotatable bonds is 6. The quantitative estimate of drug-likeness (QED) is 0.598. The van der Waals surface area contributed by atoms with Gasteiger partial charge in [0.1, 0.15) is 18.4 Å². The van der Waals surface area contributed by atoms with Gasteiger partial charge in [0.05, 0.1) is 12.3 Å². The van der Waals surface area contributed by atoms with Crippen molar-refractivity contribution in [2.45, 2.75) is 25.5 Å². The number of hydrogen-bond acceptors (Lipinski definition) is 7. The summed E-state index contributed by atoms with van der Waals surface area (Å²) in [5.74, 6) is -0.256. The summed E-state index contributed by atoms with van der Waals surface area (Å²) in [7, 11) is 3.45. The smallest absolute Gasteiger partial charge is 0.319 e. The third kappa shape index (κ3) is 5.31. The molecule has 4 amide bonds. The van der Waals surface area contributed by atoms with Crippen LogP contribution in [0.5, 0.6) is 0 Å². The predicted octanol–water partition coefficient (Wildman–Crippen LogP) is 1.16. The Bertz CT molecular complexity index is 1010. The summed E-state index contributed by atoms with van der Waals surface area (Å²) >= 11 is 5.90. The summed E-state index contributed by atoms with van der Waals surface area (Å²) in [6.07, 6.45) is 1.86. The van der Waals surface area contributed by atoms with Crippen LogP contribution in [0.2, 0.25) is 5.02 Å². The van der Waals surface area contributed by atoms with E-state index in [4.69, 9.17) is 16.3 Å². The van der Waals surface area contributed by atoms with Crippen LogP contribution >= 0.6 is 11.6 Å². The zero-order chi connectivity index (χ0) is 25.3. The van der Waals surface area contributed by atoms with Gasteiger partial charge in [0, 0.05) is 57.2 Å². The number of nitrogens with zero attached hydrogens (tertiary/aromatic N) is 5. The summed E-state index contributed by atoms with van der Waals surface area (Å²) in [4.78, 5) is 44.7. The highest BCUT2D eigenvalue weighted by molar-refractivity contribution is 6.30. The monoisotopic (exact) mass is 505 g/mol. The van der Waals surface area contributed by atoms with Crippen molar-refractivity contribution in [2.75, 3.05) is 59.0 Å². The maximum absolute atomic E-state index is 13.5. The zero-order valence-corrected chi connectivity index (χ0v) is 21.2. The van der Waals surface area contributed by atoms with E-state index >= 15 is 0 Å². The molecular weight excluding hydrogens is 474 g/mol. The molecule has 3 heterocycles. The second-order valence-corrected chi connectivity index (χ2v) is 9.86. The molecule has 2 fully saturated rings. The van der Waals surface area contributed by atoms with Crippen molar-refractivity contribution in [3.63, 3.8) is 0 Å². The molecule has 0 radical (unpaired) electrons. The largest absolute Gasteiger partial charge is 0.376 e. The number of hydrazine groups is 1. The number of anilines is 1. The molecule has 0 bridgehead atoms. The molecule has 0 spiro atoms. The van der Waals surface area contributed by atoms with Crippen molar-refractivity contribution in [1.82, 2.24) is 30.0 Å². The fraction of sp³-hybridized carbons (Fsp3) is 0.522. The maximum atomic E-state index is 13.5. The number of carbonyl (C=O) groups is 3. The molecule has 1 aromatic rings. The van der Waals surface area contributed by atoms with Crippen molar-refractivity contribution >= 4 is 35.1 Å². The molecule has 12 heteroatoms. The molecule has 2 saturated heterocycles. The fourth-order valence-electron chi connectivity index (χ4n) is 4.39. The van der Waals surface area contributed by atoms with Gasteiger partial charge in [0.2, 0.25) is 5.91 Å². The Morgan fingerprint density at radius 2 is 1.74 bits per heavy atom. The van der Waals surface area contributed by atoms with Gasteiger partial charge in [0.15, 0.2) is 0 Å². The highest BCUT2D eigenvalue weighted by Gasteiger charge is 2.43. The number of urea groups is 1. The number of benzene rings is 1. The van der Waals surface area contributed by atoms with Gasteiger partial charge in [-0.25, -0.2) is 14.8 Å². The number of carbonyl (C=O) groups excluding carboxylic acids is 3. The highest BCUT2D eigenvalue weighted by atomic mass is 35.5. The van der Waals surface area contributed by atoms with Crippen LogP contribution < -0.4 is 10.6 Å². The van der Waals surface area contributed by atoms with Crippen molar-refractivity contribution < 1.29 is 19.1 Å². The average molecular weight is 506 g/mol. The van der Waals surface area contributed by atoms with E-state index < -0.39 is 17.7 Å². The minimum atomic E-state index is -0.945. The molecule has 3 aliphatic heterocycles. The summed E-state index contributed by atoms with van der Waals surface area (Å²) in [6.45, 7) is 6.61. The lowest BCUT2D eigenvalue weighted by atomic mass is 9.96. The number of methoxy groups -OCH3 is 1. The number of nitrogens with one attached hydrogen (secondary N) is 2. The summed E-state index contributed by atoms with van der Waals surface area (Å²) in [5, 5.41) is 9.79. The van der Waals surface area contributed by atoms with Crippen LogP contribution in [0.25, 0.3) is 0 Å². The van der Waals surface area contributed by atoms with Crippen molar-refractivity contribution in [3.8, 4) is 0 Å². The molecular formula is C23H32ClN7O4. The first-order valence-corrected chi connectivity index (χ1v) is 11.9. The predicted molar refractivity (Wildman–Crippen MR) is 131 cm³/mol. The van der Waals surface area contributed by atoms with Crippen LogP contribution in [0.4, 0.5) is 10.5 Å². The number of ether oxygens (including phenoxy) is 1. The molecule has 190 valence electrons. The topological polar surface area (TPSA) is 101 Å². The second kappa shape index (κ2) is 9.92. The van der Waals surface area contributed by atoms with Gasteiger partial charge in [-0.1, -0.05) is 11.6 Å². The molecule has 1 aromatic carbocycles. The van der Waals surface area contributed by atoms with Gasteiger partial charge < -0.3 is 30.1 Å². The van der Waals surface area contributed by atoms with E-state index in [1.165, 1.54) is 7.11 Å². The molecule has 35 heavy (non-hydrogen) atoms. The van der Waals surface area contributed by atoms with E-state index in [9.17, 15) is 14.4 Å². The van der Waals surface area contributed by atoms with Crippen LogP contribution in [-0.2, 0) is 14.3 Å². The van der Waals surface area contributed by atoms with E-state index in [1.807, 2.05) is 28.1 Å². The molecule has 0 aliphatic carbocycles. The van der Waals surface area contributed by atoms with Crippen LogP contribution in [0.1, 0.15) is 13.8 Å². The van der Waals surface area contributed by atoms with Gasteiger partial charge in [-0.05, 0) is 38.1 Å². The Morgan fingerprint density at radius 3 is 2.34 bits per heavy atom. The molecule has 3 aliphatic rings. The van der Waals surface area contributed by atoms with Gasteiger partial charge in [-0.2, -0.15) is 0 Å². The Kier molecular flexibility index (Phi) is 7.11. The number of piperazine rings is 1. The Hall–Kier alpha value is -3.02. The van der Waals surface area contributed by atoms with Crippen LogP contribution in [0.15, 0.2) is 36.2 Å². The van der Waals surface area contributed by atoms with E-state index in [-0.39, 0.29) is 11.8 Å². The lowest BCUT2D eigenvalue weighted by Crippen LogP contribution is -2.63. The molecule has 0 aromatic heterocycles. The van der Waals surface area contributed by atoms with Crippen molar-refractivity contribution in [3.05, 3.63) is 41.2 Å². The van der Waals surface area contributed by atoms with Crippen molar-refractivity contribution in [1.29, 1.82) is 0 Å². The fourth-order valence-corrected chi connectivity index (χ4v) is 4.51. The van der Waals surface area contributed by atoms with E-state index in [0.29, 0.717) is 55.9 Å². The first-order valence-electron chi connectivity index (χ1n) is 11.5. The van der Waals surface area contributed by atoms with Gasteiger partial charge in [-0.15, -0.1) is 0 Å². The number of hydrogen-bond donors (Lipinski definition) is 2. The normalized spacial score (nSPS) is 19.6. The summed E-state index contributed by atoms with van der Waals surface area (Å²) in [5.41, 5.74) is 0.308. The first-order chi connectivity index (χ1) is 16.6. The molecule has 11 nitrogen and oxygen atoms in total. The Balaban J connectivity index is 1.37. The molecule has 1 atom stereocenters. The zero-order valence-electron chi connectivity index (χ0n) is 20.5. The van der Waals surface area contributed by atoms with Gasteiger partial charge in [-0.3, -0.25) is 9.59 Å². The molecule has 4 rings (SSSR count). The van der Waals surface area contributed by atoms with E-state index in [0.717, 1.165) is 0 Å². The third-order valence-electron chi connectivity index (χ3n) is 6.59. The lowest BCUT2D eigenvalue weighted by molar-refractivity contribution is -0.151. The van der Waals surface area contributed by atoms with Gasteiger partial charge in [0.25, 0.3) is 5.91 Å². The summed E-state index contributed by atoms with van der Waals surface area (Å²) < 4.78 is 5.56. The molecule has 1 unspecified atom stereocenters. The van der Waals surface area contributed by atoms with E-state index in [1.54, 1.807) is 48.0 Å². The standard InChI is InChI=1S/C23H32ClN7O4/c1-23(2,35-4)19(26-22(34)25-17-7-5-16(24)6-8-17)21(33)28-9-11-30(12-10-28)31-15-29-14-27(3)13-18(29)20(31)32/h5-8,13,19H,9-12,14-15H2,1-4H3,(H2,25,26,34). The van der Waals surface area contributed by atoms with Crippen LogP contribution in [-0.4, -0.2) is 108 Å². The number of amides is 4. The molecule has 2 N–H and O–H groups in total.